The summed E-state index contributed by atoms with van der Waals surface area (Å²) in [5.41, 5.74) is 2.99. The molecule has 5 heterocycles. The lowest BCUT2D eigenvalue weighted by Crippen LogP contribution is -2.54. The highest BCUT2D eigenvalue weighted by Crippen LogP contribution is 2.40. The van der Waals surface area contributed by atoms with Crippen molar-refractivity contribution in [3.63, 3.8) is 0 Å². The number of anilines is 3. The summed E-state index contributed by atoms with van der Waals surface area (Å²) in [4.78, 5) is 33.1. The van der Waals surface area contributed by atoms with Crippen molar-refractivity contribution in [3.05, 3.63) is 60.6 Å². The number of aromatic nitrogens is 4. The van der Waals surface area contributed by atoms with Gasteiger partial charge in [-0.1, -0.05) is 12.1 Å². The Bertz CT molecular complexity index is 1340. The minimum atomic E-state index is -0.986. The van der Waals surface area contributed by atoms with Crippen LogP contribution in [0.15, 0.2) is 55.0 Å². The van der Waals surface area contributed by atoms with E-state index in [1.54, 1.807) is 6.07 Å². The molecule has 160 valence electrons. The minimum Gasteiger partial charge on any atom is -0.478 e. The number of nitrogens with zero attached hydrogens (tertiary/aromatic N) is 5. The number of aromatic carboxylic acids is 1. The number of H-pyrrole nitrogens is 1. The van der Waals surface area contributed by atoms with Gasteiger partial charge in [0.15, 0.2) is 11.6 Å². The fourth-order valence-electron chi connectivity index (χ4n) is 4.49. The molecule has 0 bridgehead atoms. The summed E-state index contributed by atoms with van der Waals surface area (Å²) in [6.45, 7) is 2.55. The zero-order valence-corrected chi connectivity index (χ0v) is 17.1. The number of benzene rings is 1. The lowest BCUT2D eigenvalue weighted by atomic mass is 10.1. The highest BCUT2D eigenvalue weighted by atomic mass is 16.5. The van der Waals surface area contributed by atoms with Crippen LogP contribution in [0.3, 0.4) is 0 Å². The van der Waals surface area contributed by atoms with Gasteiger partial charge >= 0.3 is 5.97 Å². The van der Waals surface area contributed by atoms with E-state index in [2.05, 4.69) is 14.9 Å². The van der Waals surface area contributed by atoms with Crippen molar-refractivity contribution in [2.24, 2.45) is 0 Å². The zero-order valence-electron chi connectivity index (χ0n) is 17.1. The second kappa shape index (κ2) is 7.31. The van der Waals surface area contributed by atoms with Gasteiger partial charge in [0.1, 0.15) is 11.5 Å². The molecule has 2 aliphatic rings. The van der Waals surface area contributed by atoms with E-state index >= 15 is 0 Å². The standard InChI is InChI=1S/C23H20N6O3/c30-23(31)14-4-6-25-20(10-14)29-12-15-13-32-9-8-28(15)22-19(29)11-26-21(27-22)17-2-1-3-18-16(17)5-7-24-18/h1-7,10-11,15,24H,8-9,12-13H2,(H,30,31). The van der Waals surface area contributed by atoms with Gasteiger partial charge in [0.05, 0.1) is 31.0 Å². The van der Waals surface area contributed by atoms with E-state index in [0.29, 0.717) is 31.4 Å². The first-order chi connectivity index (χ1) is 15.7. The molecule has 1 aromatic carbocycles. The Labute approximate surface area is 183 Å². The van der Waals surface area contributed by atoms with E-state index in [1.807, 2.05) is 41.6 Å². The van der Waals surface area contributed by atoms with Gasteiger partial charge in [0, 0.05) is 41.9 Å². The van der Waals surface area contributed by atoms with Gasteiger partial charge in [-0.05, 0) is 24.3 Å². The minimum absolute atomic E-state index is 0.0809. The van der Waals surface area contributed by atoms with Crippen molar-refractivity contribution in [1.82, 2.24) is 19.9 Å². The summed E-state index contributed by atoms with van der Waals surface area (Å²) in [5.74, 6) is 1.03. The predicted octanol–water partition coefficient (Wildman–Crippen LogP) is 3.08. The molecule has 9 nitrogen and oxygen atoms in total. The van der Waals surface area contributed by atoms with E-state index in [0.717, 1.165) is 34.5 Å². The van der Waals surface area contributed by atoms with Crippen LogP contribution < -0.4 is 9.80 Å². The number of hydrogen-bond acceptors (Lipinski definition) is 7. The highest BCUT2D eigenvalue weighted by Gasteiger charge is 2.36. The number of carboxylic acid groups (broad SMARTS) is 1. The first-order valence-corrected chi connectivity index (χ1v) is 10.4. The number of rotatable bonds is 3. The molecule has 9 heteroatoms. The van der Waals surface area contributed by atoms with Crippen LogP contribution in [0.25, 0.3) is 22.3 Å². The molecule has 6 rings (SSSR count). The molecular formula is C23H20N6O3. The Balaban J connectivity index is 1.50. The van der Waals surface area contributed by atoms with E-state index in [1.165, 1.54) is 12.3 Å². The fraction of sp³-hybridized carbons (Fsp3) is 0.217. The van der Waals surface area contributed by atoms with Crippen molar-refractivity contribution in [3.8, 4) is 11.4 Å². The number of hydrogen-bond donors (Lipinski definition) is 2. The number of carbonyl (C=O) groups is 1. The van der Waals surface area contributed by atoms with Crippen LogP contribution in [0.2, 0.25) is 0 Å². The molecule has 0 amide bonds. The van der Waals surface area contributed by atoms with Gasteiger partial charge in [0.2, 0.25) is 0 Å². The Hall–Kier alpha value is -3.98. The van der Waals surface area contributed by atoms with Gasteiger partial charge in [-0.15, -0.1) is 0 Å². The molecule has 0 spiro atoms. The van der Waals surface area contributed by atoms with Crippen molar-refractivity contribution < 1.29 is 14.6 Å². The van der Waals surface area contributed by atoms with Crippen LogP contribution in [0.5, 0.6) is 0 Å². The van der Waals surface area contributed by atoms with Gasteiger partial charge in [-0.25, -0.2) is 19.7 Å². The van der Waals surface area contributed by atoms with Crippen molar-refractivity contribution in [1.29, 1.82) is 0 Å². The molecule has 1 unspecified atom stereocenters. The molecule has 0 radical (unpaired) electrons. The van der Waals surface area contributed by atoms with E-state index in [-0.39, 0.29) is 11.6 Å². The number of nitrogens with one attached hydrogen (secondary N) is 1. The Morgan fingerprint density at radius 2 is 2.16 bits per heavy atom. The first-order valence-electron chi connectivity index (χ1n) is 10.4. The van der Waals surface area contributed by atoms with Crippen LogP contribution in [0, 0.1) is 0 Å². The lowest BCUT2D eigenvalue weighted by Gasteiger charge is -2.45. The zero-order chi connectivity index (χ0) is 21.7. The number of morpholine rings is 1. The van der Waals surface area contributed by atoms with Crippen molar-refractivity contribution in [2.75, 3.05) is 36.1 Å². The number of pyridine rings is 1. The summed E-state index contributed by atoms with van der Waals surface area (Å²) >= 11 is 0. The quantitative estimate of drug-likeness (QED) is 0.513. The molecule has 1 saturated heterocycles. The maximum atomic E-state index is 11.5. The summed E-state index contributed by atoms with van der Waals surface area (Å²) < 4.78 is 5.73. The predicted molar refractivity (Wildman–Crippen MR) is 119 cm³/mol. The maximum Gasteiger partial charge on any atom is 0.335 e. The molecule has 2 N–H and O–H groups in total. The van der Waals surface area contributed by atoms with Crippen molar-refractivity contribution in [2.45, 2.75) is 6.04 Å². The third kappa shape index (κ3) is 2.97. The summed E-state index contributed by atoms with van der Waals surface area (Å²) in [6.07, 6.45) is 5.24. The Kier molecular flexibility index (Phi) is 4.29. The monoisotopic (exact) mass is 428 g/mol. The lowest BCUT2D eigenvalue weighted by molar-refractivity contribution is 0.0696. The van der Waals surface area contributed by atoms with Gasteiger partial charge < -0.3 is 24.6 Å². The molecule has 1 fully saturated rings. The summed E-state index contributed by atoms with van der Waals surface area (Å²) in [5, 5.41) is 10.5. The molecule has 1 atom stereocenters. The van der Waals surface area contributed by atoms with E-state index in [9.17, 15) is 9.90 Å². The fourth-order valence-corrected chi connectivity index (χ4v) is 4.49. The number of ether oxygens (including phenoxy) is 1. The molecule has 0 aliphatic carbocycles. The normalized spacial score (nSPS) is 17.8. The van der Waals surface area contributed by atoms with Gasteiger partial charge in [0.25, 0.3) is 0 Å². The summed E-state index contributed by atoms with van der Waals surface area (Å²) in [6, 6.07) is 11.2. The van der Waals surface area contributed by atoms with Crippen LogP contribution in [0.4, 0.5) is 17.3 Å². The third-order valence-corrected chi connectivity index (χ3v) is 6.04. The van der Waals surface area contributed by atoms with E-state index in [4.69, 9.17) is 14.7 Å². The van der Waals surface area contributed by atoms with Crippen LogP contribution in [-0.2, 0) is 4.74 Å². The van der Waals surface area contributed by atoms with Crippen molar-refractivity contribution >= 4 is 34.2 Å². The SMILES string of the molecule is O=C(O)c1ccnc(N2CC3COCCN3c3nc(-c4cccc5[nH]ccc45)ncc32)c1. The maximum absolute atomic E-state index is 11.5. The highest BCUT2D eigenvalue weighted by molar-refractivity contribution is 5.94. The number of carboxylic acids is 1. The Morgan fingerprint density at radius 3 is 3.06 bits per heavy atom. The van der Waals surface area contributed by atoms with Crippen LogP contribution in [-0.4, -0.2) is 63.4 Å². The van der Waals surface area contributed by atoms with E-state index < -0.39 is 5.97 Å². The van der Waals surface area contributed by atoms with Crippen LogP contribution in [0.1, 0.15) is 10.4 Å². The summed E-state index contributed by atoms with van der Waals surface area (Å²) in [7, 11) is 0. The molecule has 3 aromatic heterocycles. The second-order valence-corrected chi connectivity index (χ2v) is 7.89. The average Bonchev–Trinajstić information content (AvgIpc) is 3.32. The largest absolute Gasteiger partial charge is 0.478 e. The molecule has 0 saturated carbocycles. The topological polar surface area (TPSA) is 107 Å². The number of fused-ring (bicyclic) bond motifs is 4. The molecular weight excluding hydrogens is 408 g/mol. The smallest absolute Gasteiger partial charge is 0.335 e. The van der Waals surface area contributed by atoms with Gasteiger partial charge in [-0.2, -0.15) is 0 Å². The second-order valence-electron chi connectivity index (χ2n) is 7.89. The number of aromatic amines is 1. The average molecular weight is 428 g/mol. The Morgan fingerprint density at radius 1 is 1.22 bits per heavy atom. The molecule has 4 aromatic rings. The molecule has 2 aliphatic heterocycles. The molecule has 32 heavy (non-hydrogen) atoms. The van der Waals surface area contributed by atoms with Gasteiger partial charge in [-0.3, -0.25) is 0 Å². The first kappa shape index (κ1) is 18.8. The van der Waals surface area contributed by atoms with Crippen LogP contribution >= 0.6 is 0 Å². The third-order valence-electron chi connectivity index (χ3n) is 6.04.